The number of rotatable bonds is 12. The monoisotopic (exact) mass is 487 g/mol. The molecule has 2 aromatic carbocycles. The van der Waals surface area contributed by atoms with Gasteiger partial charge in [-0.05, 0) is 62.4 Å². The summed E-state index contributed by atoms with van der Waals surface area (Å²) in [4.78, 5) is 27.6. The molecule has 0 heterocycles. The van der Waals surface area contributed by atoms with E-state index in [0.29, 0.717) is 31.6 Å². The number of carbonyl (C=O) groups is 2. The first-order valence-electron chi connectivity index (χ1n) is 11.7. The van der Waals surface area contributed by atoms with Crippen LogP contribution in [0.25, 0.3) is 0 Å². The fraction of sp³-hybridized carbons (Fsp3) is 0.462. The highest BCUT2D eigenvalue weighted by Gasteiger charge is 2.28. The third-order valence-electron chi connectivity index (χ3n) is 5.58. The number of hydrogen-bond donors (Lipinski definition) is 1. The van der Waals surface area contributed by atoms with Crippen molar-refractivity contribution < 1.29 is 18.0 Å². The van der Waals surface area contributed by atoms with Crippen LogP contribution in [0.15, 0.2) is 48.5 Å². The van der Waals surface area contributed by atoms with E-state index in [9.17, 15) is 18.0 Å². The summed E-state index contributed by atoms with van der Waals surface area (Å²) in [6.07, 6.45) is 2.15. The van der Waals surface area contributed by atoms with Crippen molar-refractivity contribution in [3.8, 4) is 0 Å². The van der Waals surface area contributed by atoms with Gasteiger partial charge in [0.15, 0.2) is 0 Å². The van der Waals surface area contributed by atoms with Crippen molar-refractivity contribution in [2.75, 3.05) is 23.7 Å². The number of aryl methyl sites for hydroxylation is 2. The van der Waals surface area contributed by atoms with Gasteiger partial charge in [-0.15, -0.1) is 0 Å². The summed E-state index contributed by atoms with van der Waals surface area (Å²) >= 11 is 0. The van der Waals surface area contributed by atoms with Gasteiger partial charge in [0, 0.05) is 26.1 Å². The molecule has 8 heteroatoms. The first kappa shape index (κ1) is 27.4. The Kier molecular flexibility index (Phi) is 10.1. The van der Waals surface area contributed by atoms with Crippen molar-refractivity contribution in [1.82, 2.24) is 10.2 Å². The number of hydrogen-bond acceptors (Lipinski definition) is 4. The van der Waals surface area contributed by atoms with Gasteiger partial charge < -0.3 is 10.2 Å². The van der Waals surface area contributed by atoms with Gasteiger partial charge in [0.25, 0.3) is 0 Å². The predicted octanol–water partition coefficient (Wildman–Crippen LogP) is 3.79. The summed E-state index contributed by atoms with van der Waals surface area (Å²) in [5.74, 6) is -0.349. The lowest BCUT2D eigenvalue weighted by Crippen LogP contribution is -2.49. The summed E-state index contributed by atoms with van der Waals surface area (Å²) < 4.78 is 26.3. The maximum atomic E-state index is 13.3. The van der Waals surface area contributed by atoms with Crippen molar-refractivity contribution in [3.05, 3.63) is 65.2 Å². The molecular weight excluding hydrogens is 450 g/mol. The summed E-state index contributed by atoms with van der Waals surface area (Å²) in [5.41, 5.74) is 3.48. The number of benzene rings is 2. The molecule has 1 N–H and O–H groups in total. The second kappa shape index (κ2) is 12.6. The molecule has 7 nitrogen and oxygen atoms in total. The Labute approximate surface area is 204 Å². The lowest BCUT2D eigenvalue weighted by Gasteiger charge is -2.31. The smallest absolute Gasteiger partial charge is 0.242 e. The molecule has 0 radical (unpaired) electrons. The van der Waals surface area contributed by atoms with Gasteiger partial charge >= 0.3 is 0 Å². The Morgan fingerprint density at radius 2 is 1.62 bits per heavy atom. The van der Waals surface area contributed by atoms with Crippen LogP contribution in [-0.2, 0) is 26.2 Å². The van der Waals surface area contributed by atoms with Crippen LogP contribution in [0.5, 0.6) is 0 Å². The number of amides is 2. The van der Waals surface area contributed by atoms with Crippen LogP contribution in [0.3, 0.4) is 0 Å². The van der Waals surface area contributed by atoms with E-state index in [1.165, 1.54) is 10.6 Å². The number of likely N-dealkylation sites (N-methyl/N-ethyl adjacent to an activating group) is 1. The fourth-order valence-electron chi connectivity index (χ4n) is 4.09. The molecule has 0 spiro atoms. The van der Waals surface area contributed by atoms with Crippen LogP contribution >= 0.6 is 0 Å². The minimum atomic E-state index is -3.52. The zero-order valence-corrected chi connectivity index (χ0v) is 21.7. The number of sulfonamides is 1. The molecule has 2 amide bonds. The van der Waals surface area contributed by atoms with Crippen molar-refractivity contribution in [3.63, 3.8) is 0 Å². The summed E-state index contributed by atoms with van der Waals surface area (Å²) in [6, 6.07) is 14.6. The second-order valence-electron chi connectivity index (χ2n) is 8.61. The standard InChI is InChI=1S/C26H37N3O4S/c1-6-24(26(31)27-7-2)28(19-22-12-9-8-10-13-22)25(30)14-11-15-29(34(5,32)33)23-17-20(3)16-21(4)18-23/h8-10,12-13,16-18,24H,6-7,11,14-15,19H2,1-5H3,(H,27,31)/t24-/m1/s1. The van der Waals surface area contributed by atoms with Gasteiger partial charge in [-0.3, -0.25) is 13.9 Å². The van der Waals surface area contributed by atoms with Crippen LogP contribution in [0.4, 0.5) is 5.69 Å². The molecule has 0 aliphatic heterocycles. The summed E-state index contributed by atoms with van der Waals surface area (Å²) in [7, 11) is -3.52. The largest absolute Gasteiger partial charge is 0.355 e. The van der Waals surface area contributed by atoms with E-state index < -0.39 is 16.1 Å². The Morgan fingerprint density at radius 3 is 2.15 bits per heavy atom. The van der Waals surface area contributed by atoms with E-state index in [4.69, 9.17) is 0 Å². The van der Waals surface area contributed by atoms with Crippen molar-refractivity contribution in [2.45, 2.75) is 59.5 Å². The van der Waals surface area contributed by atoms with Gasteiger partial charge in [-0.25, -0.2) is 8.42 Å². The Balaban J connectivity index is 2.20. The van der Waals surface area contributed by atoms with Crippen LogP contribution in [0.2, 0.25) is 0 Å². The molecule has 0 bridgehead atoms. The molecule has 0 aliphatic rings. The van der Waals surface area contributed by atoms with Crippen LogP contribution in [0.1, 0.15) is 49.8 Å². The molecule has 186 valence electrons. The minimum absolute atomic E-state index is 0.138. The van der Waals surface area contributed by atoms with Crippen LogP contribution < -0.4 is 9.62 Å². The molecule has 0 aliphatic carbocycles. The number of nitrogens with zero attached hydrogens (tertiary/aromatic N) is 2. The third-order valence-corrected chi connectivity index (χ3v) is 6.77. The molecule has 0 unspecified atom stereocenters. The van der Waals surface area contributed by atoms with E-state index in [2.05, 4.69) is 5.32 Å². The number of nitrogens with one attached hydrogen (secondary N) is 1. The Morgan fingerprint density at radius 1 is 1.00 bits per heavy atom. The molecule has 0 fully saturated rings. The van der Waals surface area contributed by atoms with Crippen molar-refractivity contribution in [2.24, 2.45) is 0 Å². The predicted molar refractivity (Wildman–Crippen MR) is 137 cm³/mol. The molecule has 0 aromatic heterocycles. The molecule has 1 atom stereocenters. The normalized spacial score (nSPS) is 12.1. The van der Waals surface area contributed by atoms with Gasteiger partial charge in [0.2, 0.25) is 21.8 Å². The van der Waals surface area contributed by atoms with Gasteiger partial charge in [-0.2, -0.15) is 0 Å². The highest BCUT2D eigenvalue weighted by molar-refractivity contribution is 7.92. The SMILES string of the molecule is CCNC(=O)[C@@H](CC)N(Cc1ccccc1)C(=O)CCCN(c1cc(C)cc(C)c1)S(C)(=O)=O. The third kappa shape index (κ3) is 7.87. The van der Waals surface area contributed by atoms with Crippen molar-refractivity contribution in [1.29, 1.82) is 0 Å². The Bertz CT molecular complexity index is 1050. The lowest BCUT2D eigenvalue weighted by atomic mass is 10.1. The highest BCUT2D eigenvalue weighted by atomic mass is 32.2. The zero-order valence-electron chi connectivity index (χ0n) is 20.9. The average molecular weight is 488 g/mol. The summed E-state index contributed by atoms with van der Waals surface area (Å²) in [6.45, 7) is 8.58. The van der Waals surface area contributed by atoms with E-state index in [-0.39, 0.29) is 24.8 Å². The quantitative estimate of drug-likeness (QED) is 0.493. The van der Waals surface area contributed by atoms with E-state index in [1.807, 2.05) is 76.2 Å². The molecule has 34 heavy (non-hydrogen) atoms. The number of carbonyl (C=O) groups excluding carboxylic acids is 2. The topological polar surface area (TPSA) is 86.8 Å². The highest BCUT2D eigenvalue weighted by Crippen LogP contribution is 2.22. The van der Waals surface area contributed by atoms with Gasteiger partial charge in [0.05, 0.1) is 11.9 Å². The van der Waals surface area contributed by atoms with E-state index >= 15 is 0 Å². The van der Waals surface area contributed by atoms with Gasteiger partial charge in [0.1, 0.15) is 6.04 Å². The van der Waals surface area contributed by atoms with Crippen molar-refractivity contribution >= 4 is 27.5 Å². The maximum absolute atomic E-state index is 13.3. The second-order valence-corrected chi connectivity index (χ2v) is 10.5. The first-order chi connectivity index (χ1) is 16.1. The van der Waals surface area contributed by atoms with E-state index in [0.717, 1.165) is 16.7 Å². The zero-order chi connectivity index (χ0) is 25.3. The molecule has 0 saturated heterocycles. The fourth-order valence-corrected chi connectivity index (χ4v) is 5.04. The average Bonchev–Trinajstić information content (AvgIpc) is 2.75. The van der Waals surface area contributed by atoms with Crippen LogP contribution in [-0.4, -0.2) is 50.5 Å². The lowest BCUT2D eigenvalue weighted by molar-refractivity contribution is -0.141. The molecule has 2 aromatic rings. The molecular formula is C26H37N3O4S. The maximum Gasteiger partial charge on any atom is 0.242 e. The minimum Gasteiger partial charge on any atom is -0.355 e. The summed E-state index contributed by atoms with van der Waals surface area (Å²) in [5, 5.41) is 2.82. The first-order valence-corrected chi connectivity index (χ1v) is 13.6. The number of anilines is 1. The molecule has 0 saturated carbocycles. The molecule has 2 rings (SSSR count). The van der Waals surface area contributed by atoms with Crippen LogP contribution in [0, 0.1) is 13.8 Å². The Hall–Kier alpha value is -2.87. The van der Waals surface area contributed by atoms with Gasteiger partial charge in [-0.1, -0.05) is 43.3 Å². The van der Waals surface area contributed by atoms with E-state index in [1.54, 1.807) is 4.90 Å².